The van der Waals surface area contributed by atoms with E-state index in [2.05, 4.69) is 29.8 Å². The Hall–Kier alpha value is -0.540. The van der Waals surface area contributed by atoms with E-state index in [1.165, 1.54) is 17.5 Å². The van der Waals surface area contributed by atoms with E-state index in [-0.39, 0.29) is 0 Å². The van der Waals surface area contributed by atoms with Crippen molar-refractivity contribution in [3.63, 3.8) is 0 Å². The smallest absolute Gasteiger partial charge is 0.120 e. The first-order valence-corrected chi connectivity index (χ1v) is 7.41. The molecule has 3 heteroatoms. The molecule has 0 amide bonds. The van der Waals surface area contributed by atoms with Crippen LogP contribution in [0.1, 0.15) is 43.2 Å². The fourth-order valence-electron chi connectivity index (χ4n) is 2.56. The van der Waals surface area contributed by atoms with Crippen LogP contribution in [0.5, 0.6) is 5.75 Å². The summed E-state index contributed by atoms with van der Waals surface area (Å²) in [5.41, 5.74) is 1.72. The molecule has 0 saturated heterocycles. The number of hydrogen-bond acceptors (Lipinski definition) is 2. The molecule has 0 radical (unpaired) electrons. The Morgan fingerprint density at radius 2 is 1.72 bits per heavy atom. The van der Waals surface area contributed by atoms with Gasteiger partial charge in [0.2, 0.25) is 0 Å². The molecular weight excluding hydrogens is 292 g/mol. The molecule has 0 atom stereocenters. The Morgan fingerprint density at radius 1 is 1.17 bits per heavy atom. The van der Waals surface area contributed by atoms with Crippen molar-refractivity contribution < 1.29 is 9.84 Å². The zero-order valence-corrected chi connectivity index (χ0v) is 12.7. The van der Waals surface area contributed by atoms with Crippen molar-refractivity contribution in [2.45, 2.75) is 51.6 Å². The van der Waals surface area contributed by atoms with E-state index >= 15 is 0 Å². The minimum atomic E-state index is -0.618. The molecule has 18 heavy (non-hydrogen) atoms. The van der Waals surface area contributed by atoms with Gasteiger partial charge in [-0.25, -0.2) is 0 Å². The van der Waals surface area contributed by atoms with Gasteiger partial charge in [-0.05, 0) is 49.9 Å². The van der Waals surface area contributed by atoms with Gasteiger partial charge in [0.15, 0.2) is 0 Å². The molecule has 1 saturated carbocycles. The van der Waals surface area contributed by atoms with Crippen molar-refractivity contribution in [1.82, 2.24) is 0 Å². The summed E-state index contributed by atoms with van der Waals surface area (Å²) < 4.78 is 6.93. The van der Waals surface area contributed by atoms with Crippen LogP contribution < -0.4 is 4.74 Å². The van der Waals surface area contributed by atoms with Gasteiger partial charge in [-0.15, -0.1) is 0 Å². The molecule has 1 aliphatic rings. The highest BCUT2D eigenvalue weighted by molar-refractivity contribution is 9.10. The summed E-state index contributed by atoms with van der Waals surface area (Å²) in [6.45, 7) is 4.52. The van der Waals surface area contributed by atoms with Crippen LogP contribution in [0.2, 0.25) is 0 Å². The second-order valence-electron chi connectivity index (χ2n) is 5.44. The van der Waals surface area contributed by atoms with Crippen LogP contribution in [0.25, 0.3) is 0 Å². The third kappa shape index (κ3) is 3.27. The van der Waals surface area contributed by atoms with Crippen LogP contribution in [0.3, 0.4) is 0 Å². The van der Waals surface area contributed by atoms with Gasteiger partial charge in [-0.2, -0.15) is 0 Å². The van der Waals surface area contributed by atoms with Crippen LogP contribution in [-0.2, 0) is 0 Å². The van der Waals surface area contributed by atoms with E-state index in [9.17, 15) is 5.11 Å². The maximum absolute atomic E-state index is 10.4. The first-order valence-electron chi connectivity index (χ1n) is 6.62. The van der Waals surface area contributed by atoms with Gasteiger partial charge >= 0.3 is 0 Å². The number of ether oxygens (including phenoxy) is 1. The molecule has 0 heterocycles. The molecule has 0 aromatic heterocycles. The van der Waals surface area contributed by atoms with E-state index < -0.39 is 5.60 Å². The standard InChI is InChI=1S/C15H21BrO2/c1-11-8-13(9-12(2)14(11)16)18-10-15(17)6-4-3-5-7-15/h8-9,17H,3-7,10H2,1-2H3. The van der Waals surface area contributed by atoms with E-state index in [4.69, 9.17) is 4.74 Å². The molecule has 1 aromatic carbocycles. The van der Waals surface area contributed by atoms with Gasteiger partial charge in [-0.1, -0.05) is 35.2 Å². The van der Waals surface area contributed by atoms with E-state index in [0.29, 0.717) is 6.61 Å². The topological polar surface area (TPSA) is 29.5 Å². The number of aliphatic hydroxyl groups is 1. The first-order chi connectivity index (χ1) is 8.50. The van der Waals surface area contributed by atoms with E-state index in [1.54, 1.807) is 0 Å². The van der Waals surface area contributed by atoms with Crippen molar-refractivity contribution in [3.8, 4) is 5.75 Å². The molecular formula is C15H21BrO2. The average molecular weight is 313 g/mol. The maximum Gasteiger partial charge on any atom is 0.120 e. The van der Waals surface area contributed by atoms with Crippen LogP contribution >= 0.6 is 15.9 Å². The lowest BCUT2D eigenvalue weighted by molar-refractivity contribution is -0.0339. The number of benzene rings is 1. The summed E-state index contributed by atoms with van der Waals surface area (Å²) in [4.78, 5) is 0. The number of hydrogen-bond donors (Lipinski definition) is 1. The van der Waals surface area contributed by atoms with E-state index in [0.717, 1.165) is 35.9 Å². The van der Waals surface area contributed by atoms with Crippen molar-refractivity contribution in [2.24, 2.45) is 0 Å². The molecule has 2 nitrogen and oxygen atoms in total. The molecule has 0 bridgehead atoms. The Bertz CT molecular complexity index is 399. The highest BCUT2D eigenvalue weighted by Gasteiger charge is 2.30. The Labute approximate surface area is 117 Å². The summed E-state index contributed by atoms with van der Waals surface area (Å²) in [6, 6.07) is 4.03. The first kappa shape index (κ1) is 13.9. The second-order valence-corrected chi connectivity index (χ2v) is 6.24. The number of rotatable bonds is 3. The quantitative estimate of drug-likeness (QED) is 0.909. The SMILES string of the molecule is Cc1cc(OCC2(O)CCCCC2)cc(C)c1Br. The van der Waals surface area contributed by atoms with Crippen molar-refractivity contribution in [2.75, 3.05) is 6.61 Å². The zero-order valence-electron chi connectivity index (χ0n) is 11.1. The Balaban J connectivity index is 2.01. The largest absolute Gasteiger partial charge is 0.491 e. The molecule has 1 aromatic rings. The van der Waals surface area contributed by atoms with Crippen LogP contribution in [-0.4, -0.2) is 17.3 Å². The molecule has 2 rings (SSSR count). The predicted octanol–water partition coefficient (Wildman–Crippen LogP) is 4.14. The van der Waals surface area contributed by atoms with Gasteiger partial charge < -0.3 is 9.84 Å². The lowest BCUT2D eigenvalue weighted by Crippen LogP contribution is -2.37. The number of aryl methyl sites for hydroxylation is 2. The summed E-state index contributed by atoms with van der Waals surface area (Å²) in [6.07, 6.45) is 5.18. The minimum Gasteiger partial charge on any atom is -0.491 e. The summed E-state index contributed by atoms with van der Waals surface area (Å²) >= 11 is 3.55. The lowest BCUT2D eigenvalue weighted by Gasteiger charge is -2.31. The fraction of sp³-hybridized carbons (Fsp3) is 0.600. The predicted molar refractivity (Wildman–Crippen MR) is 77.1 cm³/mol. The van der Waals surface area contributed by atoms with Crippen molar-refractivity contribution in [3.05, 3.63) is 27.7 Å². The highest BCUT2D eigenvalue weighted by atomic mass is 79.9. The van der Waals surface area contributed by atoms with Gasteiger partial charge in [0.1, 0.15) is 12.4 Å². The average Bonchev–Trinajstić information content (AvgIpc) is 2.34. The number of halogens is 1. The Kier molecular flexibility index (Phi) is 4.33. The normalized spacial score (nSPS) is 18.7. The molecule has 0 spiro atoms. The summed E-state index contributed by atoms with van der Waals surface area (Å²) in [7, 11) is 0. The molecule has 0 unspecified atom stereocenters. The highest BCUT2D eigenvalue weighted by Crippen LogP contribution is 2.30. The third-order valence-corrected chi connectivity index (χ3v) is 4.95. The van der Waals surface area contributed by atoms with Gasteiger partial charge in [-0.3, -0.25) is 0 Å². The Morgan fingerprint density at radius 3 is 2.28 bits per heavy atom. The monoisotopic (exact) mass is 312 g/mol. The zero-order chi connectivity index (χ0) is 13.2. The maximum atomic E-state index is 10.4. The van der Waals surface area contributed by atoms with Gasteiger partial charge in [0.05, 0.1) is 5.60 Å². The summed E-state index contributed by atoms with van der Waals surface area (Å²) in [5, 5.41) is 10.4. The lowest BCUT2D eigenvalue weighted by atomic mass is 9.85. The second kappa shape index (κ2) is 5.62. The van der Waals surface area contributed by atoms with Gasteiger partial charge in [0.25, 0.3) is 0 Å². The van der Waals surface area contributed by atoms with Crippen LogP contribution in [0.15, 0.2) is 16.6 Å². The van der Waals surface area contributed by atoms with Crippen molar-refractivity contribution >= 4 is 15.9 Å². The van der Waals surface area contributed by atoms with E-state index in [1.807, 2.05) is 12.1 Å². The molecule has 1 aliphatic carbocycles. The van der Waals surface area contributed by atoms with Crippen molar-refractivity contribution in [1.29, 1.82) is 0 Å². The summed E-state index contributed by atoms with van der Waals surface area (Å²) in [5.74, 6) is 0.854. The van der Waals surface area contributed by atoms with Gasteiger partial charge in [0, 0.05) is 4.47 Å². The molecule has 0 aliphatic heterocycles. The van der Waals surface area contributed by atoms with Crippen LogP contribution in [0.4, 0.5) is 0 Å². The minimum absolute atomic E-state index is 0.410. The molecule has 100 valence electrons. The molecule has 1 fully saturated rings. The molecule has 1 N–H and O–H groups in total. The third-order valence-electron chi connectivity index (χ3n) is 3.70. The van der Waals surface area contributed by atoms with Crippen LogP contribution in [0, 0.1) is 13.8 Å². The fourth-order valence-corrected chi connectivity index (χ4v) is 2.79.